The standard InChI is InChI=1S/C14H18ClN3O3/c1-17(2)13(20)9-18(3)12(19)8-16-14(21)10-4-6-11(15)7-5-10/h4-7H,8-9H2,1-3H3,(H,16,21). The number of benzene rings is 1. The summed E-state index contributed by atoms with van der Waals surface area (Å²) in [4.78, 5) is 37.8. The smallest absolute Gasteiger partial charge is 0.251 e. The Balaban J connectivity index is 2.47. The molecule has 0 spiro atoms. The molecular formula is C14H18ClN3O3. The Morgan fingerprint density at radius 2 is 1.62 bits per heavy atom. The Hall–Kier alpha value is -2.08. The van der Waals surface area contributed by atoms with Crippen LogP contribution >= 0.6 is 11.6 Å². The average molecular weight is 312 g/mol. The molecule has 0 heterocycles. The maximum absolute atomic E-state index is 11.8. The molecule has 1 aromatic carbocycles. The van der Waals surface area contributed by atoms with E-state index in [0.717, 1.165) is 0 Å². The van der Waals surface area contributed by atoms with Gasteiger partial charge in [-0.05, 0) is 24.3 Å². The van der Waals surface area contributed by atoms with Crippen molar-refractivity contribution in [2.24, 2.45) is 0 Å². The molecule has 0 aliphatic rings. The quantitative estimate of drug-likeness (QED) is 0.866. The topological polar surface area (TPSA) is 69.7 Å². The van der Waals surface area contributed by atoms with Gasteiger partial charge in [-0.3, -0.25) is 14.4 Å². The van der Waals surface area contributed by atoms with Crippen LogP contribution in [-0.2, 0) is 9.59 Å². The maximum atomic E-state index is 11.8. The van der Waals surface area contributed by atoms with Gasteiger partial charge in [0.25, 0.3) is 5.91 Å². The van der Waals surface area contributed by atoms with Gasteiger partial charge in [0.1, 0.15) is 0 Å². The van der Waals surface area contributed by atoms with Crippen LogP contribution in [0.25, 0.3) is 0 Å². The molecule has 0 unspecified atom stereocenters. The first-order chi connectivity index (χ1) is 9.81. The fourth-order valence-electron chi connectivity index (χ4n) is 1.43. The summed E-state index contributed by atoms with van der Waals surface area (Å²) in [7, 11) is 4.74. The van der Waals surface area contributed by atoms with E-state index in [1.54, 1.807) is 38.4 Å². The second-order valence-corrected chi connectivity index (χ2v) is 5.16. The van der Waals surface area contributed by atoms with E-state index in [9.17, 15) is 14.4 Å². The number of amides is 3. The fourth-order valence-corrected chi connectivity index (χ4v) is 1.55. The third-order valence-electron chi connectivity index (χ3n) is 2.80. The zero-order chi connectivity index (χ0) is 16.0. The lowest BCUT2D eigenvalue weighted by Crippen LogP contribution is -2.42. The minimum Gasteiger partial charge on any atom is -0.347 e. The first-order valence-corrected chi connectivity index (χ1v) is 6.67. The van der Waals surface area contributed by atoms with Gasteiger partial charge in [0.05, 0.1) is 13.1 Å². The van der Waals surface area contributed by atoms with Crippen molar-refractivity contribution in [3.8, 4) is 0 Å². The minimum absolute atomic E-state index is 0.0252. The minimum atomic E-state index is -0.368. The number of hydrogen-bond donors (Lipinski definition) is 1. The van der Waals surface area contributed by atoms with Gasteiger partial charge in [0, 0.05) is 31.7 Å². The van der Waals surface area contributed by atoms with E-state index in [1.807, 2.05) is 0 Å². The summed E-state index contributed by atoms with van der Waals surface area (Å²) in [5.74, 6) is -0.894. The largest absolute Gasteiger partial charge is 0.347 e. The molecule has 0 saturated heterocycles. The van der Waals surface area contributed by atoms with Crippen molar-refractivity contribution in [2.75, 3.05) is 34.2 Å². The van der Waals surface area contributed by atoms with Crippen molar-refractivity contribution in [1.29, 1.82) is 0 Å². The Morgan fingerprint density at radius 1 is 1.05 bits per heavy atom. The highest BCUT2D eigenvalue weighted by Gasteiger charge is 2.15. The van der Waals surface area contributed by atoms with Crippen molar-refractivity contribution in [1.82, 2.24) is 15.1 Å². The van der Waals surface area contributed by atoms with Gasteiger partial charge in [0.2, 0.25) is 11.8 Å². The fraction of sp³-hybridized carbons (Fsp3) is 0.357. The second-order valence-electron chi connectivity index (χ2n) is 4.73. The van der Waals surface area contributed by atoms with Crippen LogP contribution in [0, 0.1) is 0 Å². The molecule has 0 aliphatic heterocycles. The highest BCUT2D eigenvalue weighted by atomic mass is 35.5. The van der Waals surface area contributed by atoms with Crippen LogP contribution in [0.5, 0.6) is 0 Å². The van der Waals surface area contributed by atoms with Crippen LogP contribution in [-0.4, -0.2) is 61.8 Å². The van der Waals surface area contributed by atoms with E-state index in [-0.39, 0.29) is 30.8 Å². The molecule has 1 N–H and O–H groups in total. The number of nitrogens with one attached hydrogen (secondary N) is 1. The first-order valence-electron chi connectivity index (χ1n) is 6.29. The number of hydrogen-bond acceptors (Lipinski definition) is 3. The number of likely N-dealkylation sites (N-methyl/N-ethyl adjacent to an activating group) is 2. The number of halogens is 1. The van der Waals surface area contributed by atoms with Crippen molar-refractivity contribution < 1.29 is 14.4 Å². The van der Waals surface area contributed by atoms with E-state index in [2.05, 4.69) is 5.32 Å². The van der Waals surface area contributed by atoms with Crippen molar-refractivity contribution in [3.05, 3.63) is 34.9 Å². The summed E-state index contributed by atoms with van der Waals surface area (Å²) < 4.78 is 0. The van der Waals surface area contributed by atoms with Gasteiger partial charge in [-0.25, -0.2) is 0 Å². The second kappa shape index (κ2) is 7.64. The highest BCUT2D eigenvalue weighted by molar-refractivity contribution is 6.30. The molecule has 6 nitrogen and oxygen atoms in total. The molecule has 1 aromatic rings. The van der Waals surface area contributed by atoms with Gasteiger partial charge in [-0.1, -0.05) is 11.6 Å². The average Bonchev–Trinajstić information content (AvgIpc) is 2.44. The van der Waals surface area contributed by atoms with E-state index >= 15 is 0 Å². The molecule has 114 valence electrons. The van der Waals surface area contributed by atoms with Crippen LogP contribution in [0.4, 0.5) is 0 Å². The molecule has 0 aromatic heterocycles. The number of rotatable bonds is 5. The molecule has 3 amide bonds. The Bertz CT molecular complexity index is 529. The molecule has 1 rings (SSSR count). The van der Waals surface area contributed by atoms with Gasteiger partial charge in [0.15, 0.2) is 0 Å². The zero-order valence-electron chi connectivity index (χ0n) is 12.2. The van der Waals surface area contributed by atoms with Gasteiger partial charge in [-0.15, -0.1) is 0 Å². The summed E-state index contributed by atoms with van der Waals surface area (Å²) in [5.41, 5.74) is 0.416. The number of carbonyl (C=O) groups excluding carboxylic acids is 3. The van der Waals surface area contributed by atoms with E-state index < -0.39 is 0 Å². The number of nitrogens with zero attached hydrogens (tertiary/aromatic N) is 2. The first kappa shape index (κ1) is 17.0. The summed E-state index contributed by atoms with van der Waals surface area (Å²) in [5, 5.41) is 3.04. The lowest BCUT2D eigenvalue weighted by molar-refractivity contribution is -0.137. The SMILES string of the molecule is CN(C)C(=O)CN(C)C(=O)CNC(=O)c1ccc(Cl)cc1. The number of carbonyl (C=O) groups is 3. The molecule has 0 atom stereocenters. The third kappa shape index (κ3) is 5.43. The molecule has 7 heteroatoms. The lowest BCUT2D eigenvalue weighted by Gasteiger charge is -2.19. The predicted molar refractivity (Wildman–Crippen MR) is 80.1 cm³/mol. The van der Waals surface area contributed by atoms with Gasteiger partial charge < -0.3 is 15.1 Å². The van der Waals surface area contributed by atoms with Gasteiger partial charge in [-0.2, -0.15) is 0 Å². The third-order valence-corrected chi connectivity index (χ3v) is 3.06. The molecule has 0 radical (unpaired) electrons. The van der Waals surface area contributed by atoms with Crippen molar-refractivity contribution in [3.63, 3.8) is 0 Å². The predicted octanol–water partition coefficient (Wildman–Crippen LogP) is 0.616. The summed E-state index contributed by atoms with van der Waals surface area (Å²) >= 11 is 5.73. The molecule has 0 bridgehead atoms. The van der Waals surface area contributed by atoms with Crippen LogP contribution < -0.4 is 5.32 Å². The highest BCUT2D eigenvalue weighted by Crippen LogP contribution is 2.09. The van der Waals surface area contributed by atoms with Crippen LogP contribution in [0.3, 0.4) is 0 Å². The molecule has 0 aliphatic carbocycles. The molecular weight excluding hydrogens is 294 g/mol. The monoisotopic (exact) mass is 311 g/mol. The van der Waals surface area contributed by atoms with E-state index in [1.165, 1.54) is 16.8 Å². The Morgan fingerprint density at radius 3 is 2.14 bits per heavy atom. The van der Waals surface area contributed by atoms with Gasteiger partial charge >= 0.3 is 0 Å². The van der Waals surface area contributed by atoms with Crippen molar-refractivity contribution >= 4 is 29.3 Å². The van der Waals surface area contributed by atoms with Crippen LogP contribution in [0.2, 0.25) is 5.02 Å². The molecule has 0 fully saturated rings. The summed E-state index contributed by atoms with van der Waals surface area (Å²) in [6.45, 7) is -0.193. The summed E-state index contributed by atoms with van der Waals surface area (Å²) in [6.07, 6.45) is 0. The lowest BCUT2D eigenvalue weighted by atomic mass is 10.2. The Labute approximate surface area is 128 Å². The van der Waals surface area contributed by atoms with Crippen LogP contribution in [0.15, 0.2) is 24.3 Å². The molecule has 0 saturated carbocycles. The van der Waals surface area contributed by atoms with Crippen molar-refractivity contribution in [2.45, 2.75) is 0 Å². The Kier molecular flexibility index (Phi) is 6.17. The maximum Gasteiger partial charge on any atom is 0.251 e. The van der Waals surface area contributed by atoms with E-state index in [4.69, 9.17) is 11.6 Å². The zero-order valence-corrected chi connectivity index (χ0v) is 13.0. The van der Waals surface area contributed by atoms with E-state index in [0.29, 0.717) is 10.6 Å². The van der Waals surface area contributed by atoms with Crippen LogP contribution in [0.1, 0.15) is 10.4 Å². The summed E-state index contributed by atoms with van der Waals surface area (Å²) in [6, 6.07) is 6.34. The molecule has 21 heavy (non-hydrogen) atoms. The normalized spacial score (nSPS) is 9.90.